The highest BCUT2D eigenvalue weighted by Crippen LogP contribution is 2.29. The van der Waals surface area contributed by atoms with Crippen LogP contribution in [-0.4, -0.2) is 60.9 Å². The van der Waals surface area contributed by atoms with Crippen LogP contribution in [0.2, 0.25) is 0 Å². The molecular formula is C20H25N5O3. The van der Waals surface area contributed by atoms with E-state index in [2.05, 4.69) is 15.2 Å². The number of urea groups is 1. The fourth-order valence-electron chi connectivity index (χ4n) is 3.67. The predicted octanol–water partition coefficient (Wildman–Crippen LogP) is 2.22. The molecular weight excluding hydrogens is 358 g/mol. The number of hydrogen-bond donors (Lipinski definition) is 1. The Morgan fingerprint density at radius 1 is 1.18 bits per heavy atom. The number of aromatic nitrogens is 2. The number of anilines is 2. The van der Waals surface area contributed by atoms with Gasteiger partial charge in [0, 0.05) is 31.6 Å². The average molecular weight is 383 g/mol. The SMILES string of the molecule is COc1ccccc1NC(=O)N1CCc2nc(C)nc(N3CCOCC3)c2C1. The van der Waals surface area contributed by atoms with Gasteiger partial charge in [0.1, 0.15) is 17.4 Å². The number of ether oxygens (including phenoxy) is 2. The van der Waals surface area contributed by atoms with Gasteiger partial charge in [-0.2, -0.15) is 0 Å². The van der Waals surface area contributed by atoms with Crippen molar-refractivity contribution in [2.24, 2.45) is 0 Å². The van der Waals surface area contributed by atoms with Gasteiger partial charge in [0.15, 0.2) is 0 Å². The van der Waals surface area contributed by atoms with Gasteiger partial charge in [0.25, 0.3) is 0 Å². The normalized spacial score (nSPS) is 16.5. The average Bonchev–Trinajstić information content (AvgIpc) is 2.73. The molecule has 2 aliphatic heterocycles. The first-order valence-electron chi connectivity index (χ1n) is 9.53. The summed E-state index contributed by atoms with van der Waals surface area (Å²) in [5.41, 5.74) is 2.73. The molecule has 0 saturated carbocycles. The lowest BCUT2D eigenvalue weighted by Gasteiger charge is -2.34. The number of rotatable bonds is 3. The van der Waals surface area contributed by atoms with Crippen molar-refractivity contribution < 1.29 is 14.3 Å². The van der Waals surface area contributed by atoms with Crippen molar-refractivity contribution in [3.05, 3.63) is 41.3 Å². The zero-order chi connectivity index (χ0) is 19.5. The van der Waals surface area contributed by atoms with E-state index < -0.39 is 0 Å². The summed E-state index contributed by atoms with van der Waals surface area (Å²) in [6.07, 6.45) is 0.718. The maximum absolute atomic E-state index is 12.9. The number of carbonyl (C=O) groups is 1. The topological polar surface area (TPSA) is 79.8 Å². The molecule has 1 saturated heterocycles. The number of para-hydroxylation sites is 2. The molecule has 2 amide bonds. The van der Waals surface area contributed by atoms with Gasteiger partial charge in [-0.05, 0) is 19.1 Å². The molecule has 1 aromatic heterocycles. The molecule has 148 valence electrons. The molecule has 8 nitrogen and oxygen atoms in total. The molecule has 4 rings (SSSR count). The zero-order valence-corrected chi connectivity index (χ0v) is 16.3. The lowest BCUT2D eigenvalue weighted by molar-refractivity contribution is 0.122. The van der Waals surface area contributed by atoms with Crippen molar-refractivity contribution in [3.63, 3.8) is 0 Å². The Balaban J connectivity index is 1.56. The van der Waals surface area contributed by atoms with Gasteiger partial charge in [-0.15, -0.1) is 0 Å². The van der Waals surface area contributed by atoms with Crippen molar-refractivity contribution in [1.82, 2.24) is 14.9 Å². The standard InChI is InChI=1S/C20H25N5O3/c1-14-21-16-7-8-25(20(26)23-17-5-3-4-6-18(17)27-2)13-15(16)19(22-14)24-9-11-28-12-10-24/h3-6H,7-13H2,1-2H3,(H,23,26). The molecule has 2 aliphatic rings. The number of amides is 2. The molecule has 28 heavy (non-hydrogen) atoms. The second kappa shape index (κ2) is 8.02. The predicted molar refractivity (Wildman–Crippen MR) is 106 cm³/mol. The summed E-state index contributed by atoms with van der Waals surface area (Å²) >= 11 is 0. The van der Waals surface area contributed by atoms with Gasteiger partial charge in [-0.1, -0.05) is 12.1 Å². The summed E-state index contributed by atoms with van der Waals surface area (Å²) in [5, 5.41) is 2.96. The van der Waals surface area contributed by atoms with Crippen LogP contribution in [0.5, 0.6) is 5.75 Å². The Labute approximate surface area is 164 Å². The van der Waals surface area contributed by atoms with E-state index in [0.717, 1.165) is 42.4 Å². The minimum absolute atomic E-state index is 0.149. The molecule has 0 atom stereocenters. The number of nitrogens with zero attached hydrogens (tertiary/aromatic N) is 4. The molecule has 1 aromatic carbocycles. The van der Waals surface area contributed by atoms with Crippen LogP contribution in [-0.2, 0) is 17.7 Å². The zero-order valence-electron chi connectivity index (χ0n) is 16.3. The van der Waals surface area contributed by atoms with E-state index in [4.69, 9.17) is 14.5 Å². The summed E-state index contributed by atoms with van der Waals surface area (Å²) in [7, 11) is 1.59. The Morgan fingerprint density at radius 3 is 2.75 bits per heavy atom. The van der Waals surface area contributed by atoms with E-state index in [9.17, 15) is 4.79 Å². The number of hydrogen-bond acceptors (Lipinski definition) is 6. The van der Waals surface area contributed by atoms with Crippen molar-refractivity contribution in [2.75, 3.05) is 50.2 Å². The highest BCUT2D eigenvalue weighted by atomic mass is 16.5. The van der Waals surface area contributed by atoms with Crippen LogP contribution in [0.1, 0.15) is 17.1 Å². The Hall–Kier alpha value is -2.87. The van der Waals surface area contributed by atoms with E-state index in [1.165, 1.54) is 0 Å². The first-order chi connectivity index (χ1) is 13.7. The molecule has 3 heterocycles. The number of nitrogens with one attached hydrogen (secondary N) is 1. The van der Waals surface area contributed by atoms with Gasteiger partial charge in [0.2, 0.25) is 0 Å². The van der Waals surface area contributed by atoms with Crippen molar-refractivity contribution in [2.45, 2.75) is 19.9 Å². The number of aryl methyl sites for hydroxylation is 1. The third-order valence-corrected chi connectivity index (χ3v) is 5.10. The van der Waals surface area contributed by atoms with E-state index in [1.807, 2.05) is 31.2 Å². The number of carbonyl (C=O) groups excluding carboxylic acids is 1. The van der Waals surface area contributed by atoms with E-state index in [1.54, 1.807) is 12.0 Å². The molecule has 0 aliphatic carbocycles. The Morgan fingerprint density at radius 2 is 1.96 bits per heavy atom. The molecule has 8 heteroatoms. The molecule has 0 radical (unpaired) electrons. The maximum atomic E-state index is 12.9. The molecule has 0 spiro atoms. The third-order valence-electron chi connectivity index (χ3n) is 5.10. The number of methoxy groups -OCH3 is 1. The second-order valence-electron chi connectivity index (χ2n) is 6.92. The number of fused-ring (bicyclic) bond motifs is 1. The van der Waals surface area contributed by atoms with Crippen LogP contribution in [0.15, 0.2) is 24.3 Å². The minimum Gasteiger partial charge on any atom is -0.495 e. The minimum atomic E-state index is -0.149. The largest absolute Gasteiger partial charge is 0.495 e. The lowest BCUT2D eigenvalue weighted by Crippen LogP contribution is -2.42. The van der Waals surface area contributed by atoms with Crippen LogP contribution >= 0.6 is 0 Å². The van der Waals surface area contributed by atoms with Crippen LogP contribution in [0, 0.1) is 6.92 Å². The summed E-state index contributed by atoms with van der Waals surface area (Å²) in [4.78, 5) is 26.2. The van der Waals surface area contributed by atoms with E-state index >= 15 is 0 Å². The Kier molecular flexibility index (Phi) is 5.29. The third kappa shape index (κ3) is 3.73. The number of morpholine rings is 1. The summed E-state index contributed by atoms with van der Waals surface area (Å²) in [6, 6.07) is 7.26. The van der Waals surface area contributed by atoms with Gasteiger partial charge < -0.3 is 24.6 Å². The summed E-state index contributed by atoms with van der Waals surface area (Å²) < 4.78 is 10.8. The van der Waals surface area contributed by atoms with Gasteiger partial charge in [-0.3, -0.25) is 0 Å². The fourth-order valence-corrected chi connectivity index (χ4v) is 3.67. The first kappa shape index (κ1) is 18.5. The highest BCUT2D eigenvalue weighted by Gasteiger charge is 2.28. The van der Waals surface area contributed by atoms with Crippen LogP contribution in [0.25, 0.3) is 0 Å². The van der Waals surface area contributed by atoms with E-state index in [-0.39, 0.29) is 6.03 Å². The summed E-state index contributed by atoms with van der Waals surface area (Å²) in [5.74, 6) is 2.34. The Bertz CT molecular complexity index is 867. The van der Waals surface area contributed by atoms with Gasteiger partial charge >= 0.3 is 6.03 Å². The quantitative estimate of drug-likeness (QED) is 0.876. The van der Waals surface area contributed by atoms with Crippen molar-refractivity contribution in [1.29, 1.82) is 0 Å². The maximum Gasteiger partial charge on any atom is 0.322 e. The highest BCUT2D eigenvalue weighted by molar-refractivity contribution is 5.91. The molecule has 2 aromatic rings. The molecule has 0 bridgehead atoms. The molecule has 1 N–H and O–H groups in total. The monoisotopic (exact) mass is 383 g/mol. The van der Waals surface area contributed by atoms with Gasteiger partial charge in [-0.25, -0.2) is 14.8 Å². The van der Waals surface area contributed by atoms with Crippen molar-refractivity contribution in [3.8, 4) is 5.75 Å². The van der Waals surface area contributed by atoms with Gasteiger partial charge in [0.05, 0.1) is 38.2 Å². The lowest BCUT2D eigenvalue weighted by atomic mass is 10.1. The first-order valence-corrected chi connectivity index (χ1v) is 9.53. The molecule has 0 unspecified atom stereocenters. The smallest absolute Gasteiger partial charge is 0.322 e. The summed E-state index contributed by atoms with van der Waals surface area (Å²) in [6.45, 7) is 6.01. The van der Waals surface area contributed by atoms with E-state index in [0.29, 0.717) is 37.7 Å². The molecule has 1 fully saturated rings. The fraction of sp³-hybridized carbons (Fsp3) is 0.450. The second-order valence-corrected chi connectivity index (χ2v) is 6.92. The van der Waals surface area contributed by atoms with Crippen molar-refractivity contribution >= 4 is 17.5 Å². The van der Waals surface area contributed by atoms with Crippen LogP contribution < -0.4 is 15.0 Å². The van der Waals surface area contributed by atoms with Crippen LogP contribution in [0.4, 0.5) is 16.3 Å². The number of benzene rings is 1. The van der Waals surface area contributed by atoms with Crippen LogP contribution in [0.3, 0.4) is 0 Å².